The van der Waals surface area contributed by atoms with E-state index in [2.05, 4.69) is 14.0 Å². The molecule has 0 amide bonds. The van der Waals surface area contributed by atoms with E-state index in [-0.39, 0.29) is 5.25 Å². The molecule has 0 bridgehead atoms. The van der Waals surface area contributed by atoms with Gasteiger partial charge in [0.15, 0.2) is 0 Å². The molecule has 2 aliphatic carbocycles. The Hall–Kier alpha value is -1.45. The van der Waals surface area contributed by atoms with E-state index in [1.807, 2.05) is 30.3 Å². The van der Waals surface area contributed by atoms with Gasteiger partial charge in [-0.15, -0.1) is 0 Å². The molecule has 1 saturated carbocycles. The van der Waals surface area contributed by atoms with Crippen LogP contribution < -0.4 is 4.72 Å². The number of carbonyl (C=O) groups is 1. The molecule has 1 aromatic carbocycles. The van der Waals surface area contributed by atoms with Crippen LogP contribution in [-0.2, 0) is 16.1 Å². The topological polar surface area (TPSA) is 58.6 Å². The first-order chi connectivity index (χ1) is 12.1. The monoisotopic (exact) mass is 377 g/mol. The Morgan fingerprint density at radius 3 is 2.68 bits per heavy atom. The van der Waals surface area contributed by atoms with E-state index in [0.29, 0.717) is 12.2 Å². The van der Waals surface area contributed by atoms with Gasteiger partial charge in [0.2, 0.25) is 0 Å². The maximum Gasteiger partial charge on any atom is 0.332 e. The third kappa shape index (κ3) is 5.02. The fourth-order valence-corrected chi connectivity index (χ4v) is 4.26. The van der Waals surface area contributed by atoms with Crippen molar-refractivity contribution in [3.63, 3.8) is 0 Å². The van der Waals surface area contributed by atoms with Crippen molar-refractivity contribution in [2.75, 3.05) is 4.72 Å². The van der Waals surface area contributed by atoms with E-state index < -0.39 is 5.97 Å². The van der Waals surface area contributed by atoms with E-state index in [1.165, 1.54) is 23.9 Å². The molecule has 1 aromatic rings. The Kier molecular flexibility index (Phi) is 6.44. The van der Waals surface area contributed by atoms with Crippen LogP contribution in [0.3, 0.4) is 0 Å². The number of carboxylic acid groups (broad SMARTS) is 1. The van der Waals surface area contributed by atoms with Crippen molar-refractivity contribution in [1.29, 1.82) is 0 Å². The quantitative estimate of drug-likeness (QED) is 0.393. The lowest BCUT2D eigenvalue weighted by molar-refractivity contribution is -0.132. The van der Waals surface area contributed by atoms with Crippen molar-refractivity contribution >= 4 is 32.8 Å². The summed E-state index contributed by atoms with van der Waals surface area (Å²) in [4.78, 5) is 11.3. The number of hydrogen-bond acceptors (Lipinski definition) is 4. The molecule has 134 valence electrons. The first kappa shape index (κ1) is 18.3. The zero-order valence-electron chi connectivity index (χ0n) is 14.2. The molecule has 6 heteroatoms. The molecule has 2 N–H and O–H groups in total. The highest BCUT2D eigenvalue weighted by atomic mass is 32.2. The predicted octanol–water partition coefficient (Wildman–Crippen LogP) is 5.10. The van der Waals surface area contributed by atoms with Crippen LogP contribution in [0.5, 0.6) is 0 Å². The Bertz CT molecular complexity index is 678. The standard InChI is InChI=1S/C19H24NO3PS/c21-18(22)16-6-1-2-7-17(16)25-20-15-10-8-13(9-11-15)12-23-19(24)14-4-3-5-14/h6,8-11,17,20H,1-5,7,12,24H2,(H,21,22). The molecule has 0 aliphatic heterocycles. The van der Waals surface area contributed by atoms with Crippen LogP contribution in [0.15, 0.2) is 47.0 Å². The summed E-state index contributed by atoms with van der Waals surface area (Å²) < 4.78 is 9.10. The lowest BCUT2D eigenvalue weighted by Crippen LogP contribution is -2.19. The lowest BCUT2D eigenvalue weighted by Gasteiger charge is -2.21. The molecule has 2 unspecified atom stereocenters. The van der Waals surface area contributed by atoms with Crippen LogP contribution in [0.2, 0.25) is 0 Å². The van der Waals surface area contributed by atoms with E-state index in [4.69, 9.17) is 4.74 Å². The maximum absolute atomic E-state index is 11.3. The van der Waals surface area contributed by atoms with Crippen LogP contribution in [0.1, 0.15) is 44.1 Å². The van der Waals surface area contributed by atoms with Crippen LogP contribution >= 0.6 is 21.2 Å². The normalized spacial score (nSPS) is 19.6. The number of carboxylic acids is 1. The van der Waals surface area contributed by atoms with Crippen molar-refractivity contribution in [3.8, 4) is 0 Å². The van der Waals surface area contributed by atoms with Gasteiger partial charge in [-0.1, -0.05) is 27.4 Å². The molecule has 0 spiro atoms. The Morgan fingerprint density at radius 1 is 1.28 bits per heavy atom. The van der Waals surface area contributed by atoms with Gasteiger partial charge >= 0.3 is 5.97 Å². The number of nitrogens with one attached hydrogen (secondary N) is 1. The van der Waals surface area contributed by atoms with Gasteiger partial charge in [0.25, 0.3) is 0 Å². The Labute approximate surface area is 155 Å². The minimum atomic E-state index is -0.805. The average Bonchev–Trinajstić information content (AvgIpc) is 2.57. The molecule has 25 heavy (non-hydrogen) atoms. The van der Waals surface area contributed by atoms with Gasteiger partial charge in [-0.05, 0) is 73.7 Å². The summed E-state index contributed by atoms with van der Waals surface area (Å²) in [5.74, 6) is -0.805. The number of rotatable bonds is 7. The van der Waals surface area contributed by atoms with Crippen molar-refractivity contribution in [3.05, 3.63) is 52.6 Å². The molecule has 2 atom stereocenters. The molecule has 0 radical (unpaired) electrons. The minimum Gasteiger partial charge on any atom is -0.489 e. The Morgan fingerprint density at radius 2 is 2.04 bits per heavy atom. The zero-order valence-corrected chi connectivity index (χ0v) is 16.1. The van der Waals surface area contributed by atoms with Gasteiger partial charge in [-0.3, -0.25) is 0 Å². The summed E-state index contributed by atoms with van der Waals surface area (Å²) in [6.07, 6.45) is 8.24. The number of allylic oxidation sites excluding steroid dienone is 2. The van der Waals surface area contributed by atoms with Gasteiger partial charge in [0.05, 0.1) is 5.25 Å². The third-order valence-corrected chi connectivity index (χ3v) is 6.30. The maximum atomic E-state index is 11.3. The molecule has 0 heterocycles. The summed E-state index contributed by atoms with van der Waals surface area (Å²) >= 11 is 1.48. The minimum absolute atomic E-state index is 0.00281. The number of benzene rings is 1. The highest BCUT2D eigenvalue weighted by Gasteiger charge is 2.23. The van der Waals surface area contributed by atoms with Crippen molar-refractivity contribution < 1.29 is 14.6 Å². The van der Waals surface area contributed by atoms with Gasteiger partial charge < -0.3 is 14.6 Å². The summed E-state index contributed by atoms with van der Waals surface area (Å²) in [7, 11) is 2.70. The predicted molar refractivity (Wildman–Crippen MR) is 106 cm³/mol. The summed E-state index contributed by atoms with van der Waals surface area (Å²) in [5.41, 5.74) is 5.03. The smallest absolute Gasteiger partial charge is 0.332 e. The van der Waals surface area contributed by atoms with E-state index >= 15 is 0 Å². The van der Waals surface area contributed by atoms with Crippen molar-refractivity contribution in [2.45, 2.75) is 50.4 Å². The SMILES string of the molecule is O=C(O)C1=CCCCC1SNc1ccc(COC(P)=C2CCC2)cc1. The molecule has 2 aliphatic rings. The summed E-state index contributed by atoms with van der Waals surface area (Å²) in [6, 6.07) is 8.11. The summed E-state index contributed by atoms with van der Waals surface area (Å²) in [5, 5.41) is 9.28. The molecule has 4 nitrogen and oxygen atoms in total. The highest BCUT2D eigenvalue weighted by molar-refractivity contribution is 8.01. The second-order valence-electron chi connectivity index (χ2n) is 6.41. The van der Waals surface area contributed by atoms with Gasteiger partial charge in [-0.25, -0.2) is 4.79 Å². The van der Waals surface area contributed by atoms with Gasteiger partial charge in [-0.2, -0.15) is 0 Å². The molecular formula is C19H24NO3PS. The summed E-state index contributed by atoms with van der Waals surface area (Å²) in [6.45, 7) is 0.574. The van der Waals surface area contributed by atoms with E-state index in [0.717, 1.165) is 48.9 Å². The average molecular weight is 377 g/mol. The molecular weight excluding hydrogens is 353 g/mol. The molecule has 0 saturated heterocycles. The van der Waals surface area contributed by atoms with Gasteiger partial charge in [0.1, 0.15) is 12.1 Å². The second-order valence-corrected chi connectivity index (χ2v) is 7.94. The van der Waals surface area contributed by atoms with Crippen molar-refractivity contribution in [2.24, 2.45) is 0 Å². The van der Waals surface area contributed by atoms with E-state index in [9.17, 15) is 9.90 Å². The molecule has 3 rings (SSSR count). The first-order valence-corrected chi connectivity index (χ1v) is 10.1. The fraction of sp³-hybridized carbons (Fsp3) is 0.421. The molecule has 0 aromatic heterocycles. The molecule has 1 fully saturated rings. The van der Waals surface area contributed by atoms with Crippen LogP contribution in [0.25, 0.3) is 0 Å². The zero-order chi connectivity index (χ0) is 17.6. The highest BCUT2D eigenvalue weighted by Crippen LogP contribution is 2.33. The van der Waals surface area contributed by atoms with Crippen LogP contribution in [-0.4, -0.2) is 16.3 Å². The van der Waals surface area contributed by atoms with Crippen LogP contribution in [0.4, 0.5) is 5.69 Å². The lowest BCUT2D eigenvalue weighted by atomic mass is 9.94. The van der Waals surface area contributed by atoms with Crippen molar-refractivity contribution in [1.82, 2.24) is 0 Å². The van der Waals surface area contributed by atoms with Gasteiger partial charge in [0, 0.05) is 11.3 Å². The largest absolute Gasteiger partial charge is 0.489 e. The number of hydrogen-bond donors (Lipinski definition) is 2. The first-order valence-electron chi connectivity index (χ1n) is 8.67. The number of aliphatic carboxylic acids is 1. The fourth-order valence-electron chi connectivity index (χ4n) is 2.87. The van der Waals surface area contributed by atoms with E-state index in [1.54, 1.807) is 0 Å². The third-order valence-electron chi connectivity index (χ3n) is 4.60. The Balaban J connectivity index is 1.50. The number of anilines is 1. The van der Waals surface area contributed by atoms with Crippen LogP contribution in [0, 0.1) is 0 Å². The number of ether oxygens (including phenoxy) is 1. The second kappa shape index (κ2) is 8.77.